The van der Waals surface area contributed by atoms with Crippen molar-refractivity contribution in [1.82, 2.24) is 19.1 Å². The zero-order valence-corrected chi connectivity index (χ0v) is 20.2. The maximum absolute atomic E-state index is 15.2. The van der Waals surface area contributed by atoms with Crippen LogP contribution >= 0.6 is 11.9 Å². The Labute approximate surface area is 200 Å². The van der Waals surface area contributed by atoms with Crippen molar-refractivity contribution in [3.05, 3.63) is 77.6 Å². The van der Waals surface area contributed by atoms with Gasteiger partial charge in [-0.1, -0.05) is 48.3 Å². The normalized spacial score (nSPS) is 22.6. The summed E-state index contributed by atoms with van der Waals surface area (Å²) in [5.74, 6) is 1.38. The molecule has 0 N–H and O–H groups in total. The van der Waals surface area contributed by atoms with Crippen LogP contribution < -0.4 is 4.90 Å². The molecule has 0 bridgehead atoms. The van der Waals surface area contributed by atoms with Gasteiger partial charge in [0.2, 0.25) is 0 Å². The summed E-state index contributed by atoms with van der Waals surface area (Å²) < 4.78 is 19.6. The fraction of sp³-hybridized carbons (Fsp3) is 0.462. The van der Waals surface area contributed by atoms with Crippen LogP contribution in [0.4, 0.5) is 10.1 Å². The van der Waals surface area contributed by atoms with E-state index in [4.69, 9.17) is 0 Å². The number of rotatable bonds is 5. The highest BCUT2D eigenvalue weighted by Gasteiger charge is 2.28. The number of benzene rings is 2. The predicted molar refractivity (Wildman–Crippen MR) is 133 cm³/mol. The first-order valence-corrected chi connectivity index (χ1v) is 12.8. The maximum Gasteiger partial charge on any atom is 0.135 e. The largest absolute Gasteiger partial charge is 0.371 e. The second-order valence-corrected chi connectivity index (χ2v) is 10.6. The molecule has 0 spiro atoms. The van der Waals surface area contributed by atoms with Gasteiger partial charge in [-0.05, 0) is 50.3 Å². The average molecular weight is 466 g/mol. The summed E-state index contributed by atoms with van der Waals surface area (Å²) in [6.45, 7) is 4.71. The van der Waals surface area contributed by atoms with Crippen LogP contribution in [-0.4, -0.2) is 38.2 Å². The molecule has 2 aliphatic rings. The van der Waals surface area contributed by atoms with E-state index in [0.717, 1.165) is 55.8 Å². The van der Waals surface area contributed by atoms with Crippen molar-refractivity contribution in [3.8, 4) is 0 Å². The molecule has 1 unspecified atom stereocenters. The molecule has 2 atom stereocenters. The molecule has 0 aliphatic carbocycles. The van der Waals surface area contributed by atoms with Gasteiger partial charge in [0.1, 0.15) is 18.0 Å². The summed E-state index contributed by atoms with van der Waals surface area (Å²) in [5.41, 5.74) is 3.12. The van der Waals surface area contributed by atoms with Crippen molar-refractivity contribution in [2.45, 2.75) is 56.4 Å². The van der Waals surface area contributed by atoms with Gasteiger partial charge < -0.3 is 9.47 Å². The smallest absolute Gasteiger partial charge is 0.135 e. The first-order valence-electron chi connectivity index (χ1n) is 11.9. The Morgan fingerprint density at radius 1 is 1.03 bits per heavy atom. The van der Waals surface area contributed by atoms with Crippen LogP contribution in [0.3, 0.4) is 0 Å². The van der Waals surface area contributed by atoms with Crippen LogP contribution in [0.5, 0.6) is 0 Å². The van der Waals surface area contributed by atoms with Crippen LogP contribution in [-0.2, 0) is 13.6 Å². The van der Waals surface area contributed by atoms with E-state index in [2.05, 4.69) is 62.7 Å². The lowest BCUT2D eigenvalue weighted by Crippen LogP contribution is -2.34. The first-order chi connectivity index (χ1) is 16.1. The monoisotopic (exact) mass is 465 g/mol. The first kappa shape index (κ1) is 22.4. The molecule has 0 saturated carbocycles. The average Bonchev–Trinajstić information content (AvgIpc) is 3.28. The minimum absolute atomic E-state index is 0.0995. The molecule has 33 heavy (non-hydrogen) atoms. The van der Waals surface area contributed by atoms with Crippen molar-refractivity contribution in [3.63, 3.8) is 0 Å². The molecule has 1 aromatic heterocycles. The lowest BCUT2D eigenvalue weighted by Gasteiger charge is -2.37. The van der Waals surface area contributed by atoms with Gasteiger partial charge in [0.05, 0.1) is 0 Å². The third-order valence-corrected chi connectivity index (χ3v) is 8.63. The Hall–Kier alpha value is -2.38. The van der Waals surface area contributed by atoms with Gasteiger partial charge in [-0.3, -0.25) is 0 Å². The Kier molecular flexibility index (Phi) is 6.69. The Bertz CT molecular complexity index is 1060. The van der Waals surface area contributed by atoms with Crippen molar-refractivity contribution < 1.29 is 4.39 Å². The van der Waals surface area contributed by atoms with E-state index in [-0.39, 0.29) is 5.82 Å². The summed E-state index contributed by atoms with van der Waals surface area (Å²) in [4.78, 5) is 2.30. The van der Waals surface area contributed by atoms with Crippen molar-refractivity contribution in [2.75, 3.05) is 18.0 Å². The maximum atomic E-state index is 15.2. The van der Waals surface area contributed by atoms with Crippen molar-refractivity contribution in [2.24, 2.45) is 7.05 Å². The predicted octanol–water partition coefficient (Wildman–Crippen LogP) is 5.71. The molecule has 3 heterocycles. The number of nitrogens with zero attached hydrogens (tertiary/aromatic N) is 5. The molecular weight excluding hydrogens is 433 g/mol. The van der Waals surface area contributed by atoms with Gasteiger partial charge in [0.15, 0.2) is 0 Å². The quantitative estimate of drug-likeness (QED) is 0.451. The number of hydrogen-bond acceptors (Lipinski definition) is 5. The van der Waals surface area contributed by atoms with Gasteiger partial charge in [-0.15, -0.1) is 10.2 Å². The molecule has 5 rings (SSSR count). The third-order valence-electron chi connectivity index (χ3n) is 7.11. The van der Waals surface area contributed by atoms with E-state index in [9.17, 15) is 0 Å². The van der Waals surface area contributed by atoms with E-state index >= 15 is 4.39 Å². The van der Waals surface area contributed by atoms with E-state index in [1.165, 1.54) is 5.56 Å². The molecule has 174 valence electrons. The van der Waals surface area contributed by atoms with Gasteiger partial charge in [-0.2, -0.15) is 0 Å². The van der Waals surface area contributed by atoms with Gasteiger partial charge in [-0.25, -0.2) is 8.70 Å². The summed E-state index contributed by atoms with van der Waals surface area (Å²) >= 11 is 1.87. The summed E-state index contributed by atoms with van der Waals surface area (Å²) in [7, 11) is 2.00. The lowest BCUT2D eigenvalue weighted by atomic mass is 9.95. The zero-order chi connectivity index (χ0) is 22.8. The minimum Gasteiger partial charge on any atom is -0.371 e. The molecule has 5 nitrogen and oxygen atoms in total. The second-order valence-electron chi connectivity index (χ2n) is 9.34. The molecule has 0 amide bonds. The van der Waals surface area contributed by atoms with Crippen molar-refractivity contribution in [1.29, 1.82) is 0 Å². The second kappa shape index (κ2) is 9.85. The summed E-state index contributed by atoms with van der Waals surface area (Å²) in [6, 6.07) is 16.9. The topological polar surface area (TPSA) is 37.2 Å². The fourth-order valence-electron chi connectivity index (χ4n) is 5.03. The molecule has 2 saturated heterocycles. The number of piperidine rings is 1. The Morgan fingerprint density at radius 3 is 2.52 bits per heavy atom. The molecule has 0 radical (unpaired) electrons. The Morgan fingerprint density at radius 2 is 1.82 bits per heavy atom. The highest BCUT2D eigenvalue weighted by molar-refractivity contribution is 7.97. The van der Waals surface area contributed by atoms with Crippen LogP contribution in [0.2, 0.25) is 0 Å². The van der Waals surface area contributed by atoms with Crippen LogP contribution in [0, 0.1) is 5.82 Å². The lowest BCUT2D eigenvalue weighted by molar-refractivity contribution is 0.317. The van der Waals surface area contributed by atoms with Crippen molar-refractivity contribution >= 4 is 17.6 Å². The van der Waals surface area contributed by atoms with Gasteiger partial charge in [0.25, 0.3) is 0 Å². The highest BCUT2D eigenvalue weighted by Crippen LogP contribution is 2.43. The van der Waals surface area contributed by atoms with E-state index in [1.807, 2.05) is 29.6 Å². The molecule has 2 aliphatic heterocycles. The molecule has 7 heteroatoms. The Balaban J connectivity index is 1.22. The number of halogens is 1. The van der Waals surface area contributed by atoms with E-state index in [0.29, 0.717) is 23.8 Å². The van der Waals surface area contributed by atoms with Crippen LogP contribution in [0.25, 0.3) is 0 Å². The molecular formula is C26H32FN5S. The SMILES string of the molecule is C[C@H]1CCC(c2ccccc2)SN1Cc1ccc(N2CCC(c3nncn3C)CC2)cc1F. The van der Waals surface area contributed by atoms with Crippen LogP contribution in [0.1, 0.15) is 60.7 Å². The highest BCUT2D eigenvalue weighted by atomic mass is 32.2. The number of aryl methyl sites for hydroxylation is 1. The van der Waals surface area contributed by atoms with Gasteiger partial charge >= 0.3 is 0 Å². The summed E-state index contributed by atoms with van der Waals surface area (Å²) in [5, 5.41) is 8.74. The van der Waals surface area contributed by atoms with E-state index < -0.39 is 0 Å². The number of aromatic nitrogens is 3. The van der Waals surface area contributed by atoms with Gasteiger partial charge in [0, 0.05) is 55.1 Å². The van der Waals surface area contributed by atoms with E-state index in [1.54, 1.807) is 12.4 Å². The minimum atomic E-state index is -0.0995. The zero-order valence-electron chi connectivity index (χ0n) is 19.4. The summed E-state index contributed by atoms with van der Waals surface area (Å²) in [6.07, 6.45) is 6.08. The number of anilines is 1. The third kappa shape index (κ3) is 4.94. The van der Waals surface area contributed by atoms with Crippen LogP contribution in [0.15, 0.2) is 54.9 Å². The number of hydrogen-bond donors (Lipinski definition) is 0. The standard InChI is InChI=1S/C26H32FN5S/c1-19-8-11-25(20-6-4-3-5-7-20)33-32(19)17-22-9-10-23(16-24(22)27)31-14-12-21(13-15-31)26-29-28-18-30(26)2/h3-7,9-10,16,18-19,21,25H,8,11-15,17H2,1-2H3/t19-,25?/m0/s1. The molecule has 3 aromatic rings. The fourth-order valence-corrected chi connectivity index (χ4v) is 6.41. The molecule has 2 fully saturated rings. The molecule has 2 aromatic carbocycles.